The van der Waals surface area contributed by atoms with Gasteiger partial charge in [0.2, 0.25) is 5.91 Å². The minimum atomic E-state index is -4.76. The number of carbonyl (C=O) groups is 1. The highest BCUT2D eigenvalue weighted by atomic mass is 35.5. The number of anilines is 3. The van der Waals surface area contributed by atoms with Crippen molar-refractivity contribution in [3.8, 4) is 5.75 Å². The van der Waals surface area contributed by atoms with E-state index in [0.717, 1.165) is 63.6 Å². The van der Waals surface area contributed by atoms with Crippen LogP contribution in [0.15, 0.2) is 206 Å². The van der Waals surface area contributed by atoms with Gasteiger partial charge in [-0.3, -0.25) is 35.1 Å². The van der Waals surface area contributed by atoms with E-state index in [1.54, 1.807) is 63.2 Å². The van der Waals surface area contributed by atoms with Crippen LogP contribution in [0.25, 0.3) is 0 Å². The van der Waals surface area contributed by atoms with Crippen LogP contribution in [0.2, 0.25) is 15.1 Å². The highest BCUT2D eigenvalue weighted by molar-refractivity contribution is 6.42. The number of aryl methyl sites for hydroxylation is 13. The average molecular weight is 1600 g/mol. The number of para-hydroxylation sites is 1. The van der Waals surface area contributed by atoms with Gasteiger partial charge in [-0.25, -0.2) is 0 Å². The largest absolute Gasteiger partial charge is 0.487 e. The maximum absolute atomic E-state index is 12.2. The van der Waals surface area contributed by atoms with Crippen LogP contribution in [-0.2, 0) is 17.1 Å². The minimum Gasteiger partial charge on any atom is -0.487 e. The summed E-state index contributed by atoms with van der Waals surface area (Å²) >= 11 is 16.9. The fraction of sp³-hybridized carbons (Fsp3) is 0.299. The van der Waals surface area contributed by atoms with Crippen LogP contribution in [0.5, 0.6) is 5.75 Å². The number of benzene rings is 10. The Balaban J connectivity index is 0.000000620. The molecule has 0 saturated carbocycles. The zero-order valence-corrected chi connectivity index (χ0v) is 68.7. The SMILES string of the molecule is CC(=O)Nc1cc(C)ccc1C.CCOc1ccc(C)cc1[N+](=O)[O-].Cc1cc(C(F)(F)F)cc(C(F)(F)F)c1.Cc1ccc(C)c(NCCCCCN)c1.Cc1ccc(C)cc1.Cc1ccc(Cl)c(Cl)c1.Cc1ccc(Cl)cc1.Cc1ccc(N(C)C)cc1.Cc1cccc([N+](=O)[O-])c1C.Cc1ccccc1[N+](=O)[O-]. The molecule has 0 aliphatic carbocycles. The molecule has 0 bridgehead atoms. The maximum Gasteiger partial charge on any atom is 0.416 e. The molecule has 0 spiro atoms. The molecule has 4 N–H and O–H groups in total. The van der Waals surface area contributed by atoms with Crippen molar-refractivity contribution in [1.82, 2.24) is 0 Å². The van der Waals surface area contributed by atoms with Gasteiger partial charge in [0.05, 0.1) is 42.5 Å². The number of carbonyl (C=O) groups excluding carboxylic acids is 1. The zero-order chi connectivity index (χ0) is 84.3. The van der Waals surface area contributed by atoms with Gasteiger partial charge in [0.25, 0.3) is 11.4 Å². The molecule has 0 saturated heterocycles. The van der Waals surface area contributed by atoms with Crippen LogP contribution in [0.4, 0.5) is 60.5 Å². The van der Waals surface area contributed by atoms with E-state index >= 15 is 0 Å². The van der Waals surface area contributed by atoms with Crippen LogP contribution in [0.3, 0.4) is 0 Å². The third kappa shape index (κ3) is 41.9. The lowest BCUT2D eigenvalue weighted by molar-refractivity contribution is -0.386. The molecule has 0 heterocycles. The summed E-state index contributed by atoms with van der Waals surface area (Å²) in [5, 5.41) is 39.5. The van der Waals surface area contributed by atoms with E-state index in [4.69, 9.17) is 45.3 Å². The number of unbranched alkanes of at least 4 members (excludes halogenated alkanes) is 2. The number of alkyl halides is 6. The number of halogens is 9. The standard InChI is InChI=1S/C13H22N2.C10H13NO.C9H6F6.C9H11NO3.C9H13N.C8H9NO2.C8H10.C7H6Cl2.C7H7Cl.C7H7NO2/c1-11-6-7-12(2)13(10-11)15-9-5-3-4-8-14;1-7-4-5-8(2)10(6-7)11-9(3)12;1-5-2-6(8(10,11)12)4-7(3-5)9(13,14)15;1-3-13-9-5-4-7(2)6-8(9)10(11)12;1-8-4-6-9(7-5-8)10(2)3;1-6-4-3-5-8(7(6)2)9(10)11;1-7-3-5-8(2)6-4-7;1-5-2-3-6(8)7(9)4-5;1-6-2-4-7(8)5-3-6;1-6-4-2-3-5-7(6)8(9)10/h6-7,10,15H,3-5,8-9,14H2,1-2H3;4-6H,1-3H3,(H,11,12);2-4H,1H3;4-6H,3H2,1-2H3;4-7H,1-3H3;3-5H,1-2H3;3-6H,1-2H3;2-4H,1H3;2-5H,1H3;2-5H,1H3. The van der Waals surface area contributed by atoms with Crippen molar-refractivity contribution in [2.45, 2.75) is 142 Å². The summed E-state index contributed by atoms with van der Waals surface area (Å²) in [5.74, 6) is 0.307. The number of nitrogens with two attached hydrogens (primary N) is 1. The van der Waals surface area contributed by atoms with Gasteiger partial charge < -0.3 is 26.0 Å². The van der Waals surface area contributed by atoms with E-state index in [1.165, 1.54) is 89.6 Å². The molecule has 15 nitrogen and oxygen atoms in total. The fourth-order valence-electron chi connectivity index (χ4n) is 9.13. The van der Waals surface area contributed by atoms with Gasteiger partial charge in [0.15, 0.2) is 5.75 Å². The third-order valence-electron chi connectivity index (χ3n) is 15.6. The smallest absolute Gasteiger partial charge is 0.416 e. The first-order valence-corrected chi connectivity index (χ1v) is 36.4. The molecule has 0 aromatic heterocycles. The first kappa shape index (κ1) is 98.7. The molecule has 10 rings (SSSR count). The van der Waals surface area contributed by atoms with Crippen LogP contribution in [0, 0.1) is 127 Å². The Bertz CT molecular complexity index is 4370. The van der Waals surface area contributed by atoms with E-state index in [1.807, 2.05) is 116 Å². The number of nitrogens with one attached hydrogen (secondary N) is 2. The summed E-state index contributed by atoms with van der Waals surface area (Å²) < 4.78 is 78.1. The van der Waals surface area contributed by atoms with Crippen LogP contribution < -0.4 is 26.0 Å². The highest BCUT2D eigenvalue weighted by Crippen LogP contribution is 2.36. The number of amides is 1. The van der Waals surface area contributed by atoms with Gasteiger partial charge in [-0.1, -0.05) is 179 Å². The first-order valence-electron chi connectivity index (χ1n) is 35.2. The maximum atomic E-state index is 12.2. The van der Waals surface area contributed by atoms with E-state index in [2.05, 4.69) is 117 Å². The van der Waals surface area contributed by atoms with Gasteiger partial charge in [0.1, 0.15) is 0 Å². The Morgan fingerprint density at radius 2 is 0.856 bits per heavy atom. The Morgan fingerprint density at radius 1 is 0.441 bits per heavy atom. The van der Waals surface area contributed by atoms with E-state index in [0.29, 0.717) is 40.1 Å². The molecule has 598 valence electrons. The molecular formula is C87H104Cl3F6N7O8. The van der Waals surface area contributed by atoms with Crippen LogP contribution in [0.1, 0.15) is 122 Å². The number of nitrogens with zero attached hydrogens (tertiary/aromatic N) is 4. The second kappa shape index (κ2) is 51.2. The summed E-state index contributed by atoms with van der Waals surface area (Å²) in [6.07, 6.45) is -5.97. The summed E-state index contributed by atoms with van der Waals surface area (Å²) in [5.41, 5.74) is 21.1. The molecule has 1 amide bonds. The second-order valence-electron chi connectivity index (χ2n) is 26.0. The van der Waals surface area contributed by atoms with Crippen molar-refractivity contribution in [2.24, 2.45) is 5.73 Å². The van der Waals surface area contributed by atoms with Crippen LogP contribution in [-0.4, -0.2) is 54.5 Å². The van der Waals surface area contributed by atoms with Crippen molar-refractivity contribution >= 4 is 74.8 Å². The molecule has 0 unspecified atom stereocenters. The van der Waals surface area contributed by atoms with Crippen LogP contribution >= 0.6 is 34.8 Å². The topological polar surface area (TPSA) is 209 Å². The lowest BCUT2D eigenvalue weighted by Crippen LogP contribution is -2.11. The van der Waals surface area contributed by atoms with Crippen molar-refractivity contribution in [1.29, 1.82) is 0 Å². The molecule has 0 fully saturated rings. The molecular weight excluding hydrogens is 1490 g/mol. The Labute approximate surface area is 665 Å². The number of hydrogen-bond donors (Lipinski definition) is 3. The molecule has 10 aromatic rings. The van der Waals surface area contributed by atoms with Gasteiger partial charge in [-0.15, -0.1) is 0 Å². The van der Waals surface area contributed by atoms with Crippen molar-refractivity contribution < 1.29 is 50.6 Å². The van der Waals surface area contributed by atoms with Gasteiger partial charge in [0, 0.05) is 79.0 Å². The quantitative estimate of drug-likeness (QED) is 0.0428. The molecule has 0 aliphatic heterocycles. The molecule has 24 heteroatoms. The summed E-state index contributed by atoms with van der Waals surface area (Å²) in [4.78, 5) is 42.9. The summed E-state index contributed by atoms with van der Waals surface area (Å²) in [6.45, 7) is 32.5. The number of nitro benzene ring substituents is 3. The van der Waals surface area contributed by atoms with Gasteiger partial charge in [-0.2, -0.15) is 26.3 Å². The predicted octanol–water partition coefficient (Wildman–Crippen LogP) is 25.9. The summed E-state index contributed by atoms with van der Waals surface area (Å²) in [7, 11) is 4.09. The third-order valence-corrected chi connectivity index (χ3v) is 16.6. The zero-order valence-electron chi connectivity index (χ0n) is 66.4. The molecule has 10 aromatic carbocycles. The average Bonchev–Trinajstić information content (AvgIpc) is 0.807. The van der Waals surface area contributed by atoms with E-state index in [-0.39, 0.29) is 44.4 Å². The first-order chi connectivity index (χ1) is 51.9. The number of ether oxygens (including phenoxy) is 1. The lowest BCUT2D eigenvalue weighted by Gasteiger charge is -2.12. The van der Waals surface area contributed by atoms with Gasteiger partial charge >= 0.3 is 18.0 Å². The number of hydrogen-bond acceptors (Lipinski definition) is 11. The van der Waals surface area contributed by atoms with Crippen molar-refractivity contribution in [3.63, 3.8) is 0 Å². The van der Waals surface area contributed by atoms with Gasteiger partial charge in [-0.05, 0) is 241 Å². The van der Waals surface area contributed by atoms with E-state index < -0.39 is 28.4 Å². The van der Waals surface area contributed by atoms with Crippen molar-refractivity contribution in [3.05, 3.63) is 341 Å². The predicted molar refractivity (Wildman–Crippen MR) is 447 cm³/mol. The second-order valence-corrected chi connectivity index (χ2v) is 27.2. The Kier molecular flexibility index (Phi) is 45.5. The molecule has 0 radical (unpaired) electrons. The number of rotatable bonds is 13. The molecule has 111 heavy (non-hydrogen) atoms. The summed E-state index contributed by atoms with van der Waals surface area (Å²) in [6, 6.07) is 60.9. The Morgan fingerprint density at radius 3 is 1.27 bits per heavy atom. The normalized spacial score (nSPS) is 10.1. The number of nitro groups is 3. The van der Waals surface area contributed by atoms with E-state index in [9.17, 15) is 61.5 Å². The molecule has 0 aliphatic rings. The van der Waals surface area contributed by atoms with Crippen molar-refractivity contribution in [2.75, 3.05) is 49.3 Å². The Hall–Kier alpha value is -10.3. The highest BCUT2D eigenvalue weighted by Gasteiger charge is 2.36. The minimum absolute atomic E-state index is 0.0244. The molecule has 0 atom stereocenters. The fourth-order valence-corrected chi connectivity index (χ4v) is 9.61. The lowest BCUT2D eigenvalue weighted by atomic mass is 10.1. The monoisotopic (exact) mass is 1590 g/mol.